The van der Waals surface area contributed by atoms with Crippen LogP contribution in [0.5, 0.6) is 0 Å². The fourth-order valence-electron chi connectivity index (χ4n) is 3.58. The zero-order chi connectivity index (χ0) is 16.8. The molecule has 2 saturated heterocycles. The van der Waals surface area contributed by atoms with Gasteiger partial charge in [0.2, 0.25) is 0 Å². The molecule has 0 saturated carbocycles. The zero-order valence-electron chi connectivity index (χ0n) is 14.3. The highest BCUT2D eigenvalue weighted by Crippen LogP contribution is 2.31. The zero-order valence-corrected chi connectivity index (χ0v) is 15.1. The number of nitrogens with zero attached hydrogens (tertiary/aromatic N) is 7. The fourth-order valence-corrected chi connectivity index (χ4v) is 4.44. The van der Waals surface area contributed by atoms with Crippen molar-refractivity contribution in [2.45, 2.75) is 32.1 Å². The summed E-state index contributed by atoms with van der Waals surface area (Å²) in [6.45, 7) is 6.27. The second-order valence-electron chi connectivity index (χ2n) is 6.89. The largest absolute Gasteiger partial charge is 0.355 e. The number of hydrogen-bond acceptors (Lipinski definition) is 7. The molecule has 25 heavy (non-hydrogen) atoms. The van der Waals surface area contributed by atoms with E-state index in [9.17, 15) is 0 Å². The van der Waals surface area contributed by atoms with Crippen LogP contribution >= 0.6 is 11.3 Å². The quantitative estimate of drug-likeness (QED) is 0.719. The molecule has 5 heterocycles. The molecule has 0 aliphatic carbocycles. The van der Waals surface area contributed by atoms with Crippen LogP contribution in [0.3, 0.4) is 0 Å². The minimum absolute atomic E-state index is 0.409. The number of rotatable bonds is 3. The van der Waals surface area contributed by atoms with Crippen LogP contribution in [-0.2, 0) is 0 Å². The van der Waals surface area contributed by atoms with Crippen LogP contribution in [0.15, 0.2) is 17.5 Å². The number of aryl methyl sites for hydroxylation is 1. The highest BCUT2D eigenvalue weighted by molar-refractivity contribution is 7.13. The van der Waals surface area contributed by atoms with Crippen LogP contribution in [-0.4, -0.2) is 51.0 Å². The third-order valence-corrected chi connectivity index (χ3v) is 6.21. The smallest absolute Gasteiger partial charge is 0.185 e. The van der Waals surface area contributed by atoms with Gasteiger partial charge >= 0.3 is 0 Å². The van der Waals surface area contributed by atoms with Gasteiger partial charge < -0.3 is 9.80 Å². The lowest BCUT2D eigenvalue weighted by Crippen LogP contribution is -2.38. The van der Waals surface area contributed by atoms with E-state index in [1.54, 1.807) is 11.3 Å². The lowest BCUT2D eigenvalue weighted by molar-refractivity contribution is 0.476. The average molecular weight is 355 g/mol. The second kappa shape index (κ2) is 5.94. The van der Waals surface area contributed by atoms with Gasteiger partial charge in [0, 0.05) is 37.5 Å². The molecule has 0 bridgehead atoms. The van der Waals surface area contributed by atoms with Crippen LogP contribution in [0, 0.1) is 6.92 Å². The van der Waals surface area contributed by atoms with E-state index in [4.69, 9.17) is 5.10 Å². The molecule has 8 heteroatoms. The summed E-state index contributed by atoms with van der Waals surface area (Å²) < 4.78 is 1.96. The van der Waals surface area contributed by atoms with Gasteiger partial charge in [0.1, 0.15) is 5.82 Å². The van der Waals surface area contributed by atoms with Gasteiger partial charge in [-0.3, -0.25) is 0 Å². The average Bonchev–Trinajstić information content (AvgIpc) is 3.19. The normalized spacial score (nSPS) is 18.8. The Bertz CT molecular complexity index is 889. The molecule has 0 aromatic carbocycles. The molecule has 2 aliphatic heterocycles. The molecule has 130 valence electrons. The van der Waals surface area contributed by atoms with Gasteiger partial charge in [0.05, 0.1) is 5.69 Å². The predicted octanol–water partition coefficient (Wildman–Crippen LogP) is 2.48. The highest BCUT2D eigenvalue weighted by atomic mass is 32.1. The van der Waals surface area contributed by atoms with Crippen molar-refractivity contribution in [2.75, 3.05) is 36.0 Å². The molecule has 0 amide bonds. The van der Waals surface area contributed by atoms with Gasteiger partial charge in [-0.25, -0.2) is 4.98 Å². The minimum atomic E-state index is 0.409. The summed E-state index contributed by atoms with van der Waals surface area (Å²) in [6.07, 6.45) is 3.38. The van der Waals surface area contributed by atoms with Crippen LogP contribution < -0.4 is 9.80 Å². The summed E-state index contributed by atoms with van der Waals surface area (Å²) in [5.41, 5.74) is 1.95. The van der Waals surface area contributed by atoms with Gasteiger partial charge in [0.25, 0.3) is 0 Å². The van der Waals surface area contributed by atoms with E-state index in [-0.39, 0.29) is 0 Å². The summed E-state index contributed by atoms with van der Waals surface area (Å²) in [4.78, 5) is 9.30. The molecular formula is C17H21N7S. The van der Waals surface area contributed by atoms with Gasteiger partial charge in [-0.1, -0.05) is 0 Å². The van der Waals surface area contributed by atoms with Gasteiger partial charge in [-0.05, 0) is 38.3 Å². The van der Waals surface area contributed by atoms with Gasteiger partial charge in [-0.15, -0.1) is 26.6 Å². The molecule has 2 aliphatic rings. The topological polar surface area (TPSA) is 62.5 Å². The molecule has 0 unspecified atom stereocenters. The van der Waals surface area contributed by atoms with Crippen LogP contribution in [0.1, 0.15) is 36.7 Å². The second-order valence-corrected chi connectivity index (χ2v) is 7.73. The summed E-state index contributed by atoms with van der Waals surface area (Å²) >= 11 is 1.74. The van der Waals surface area contributed by atoms with Crippen molar-refractivity contribution >= 4 is 27.9 Å². The lowest BCUT2D eigenvalue weighted by Gasteiger charge is -2.32. The Hall–Kier alpha value is -2.22. The van der Waals surface area contributed by atoms with E-state index in [1.165, 1.54) is 6.42 Å². The minimum Gasteiger partial charge on any atom is -0.355 e. The molecule has 0 radical (unpaired) electrons. The molecule has 5 rings (SSSR count). The van der Waals surface area contributed by atoms with Crippen LogP contribution in [0.2, 0.25) is 0 Å². The number of aromatic nitrogens is 5. The van der Waals surface area contributed by atoms with E-state index in [0.717, 1.165) is 67.1 Å². The molecule has 0 atom stereocenters. The van der Waals surface area contributed by atoms with Gasteiger partial charge in [0.15, 0.2) is 16.6 Å². The van der Waals surface area contributed by atoms with Crippen molar-refractivity contribution in [3.63, 3.8) is 0 Å². The summed E-state index contributed by atoms with van der Waals surface area (Å²) in [7, 11) is 0. The lowest BCUT2D eigenvalue weighted by atomic mass is 9.96. The molecule has 0 spiro atoms. The highest BCUT2D eigenvalue weighted by Gasteiger charge is 2.27. The Kier molecular flexibility index (Phi) is 3.58. The SMILES string of the molecule is Cc1csc(N2CCC(c3nnc4ccc(N5CCC5)nn34)CC2)n1. The maximum absolute atomic E-state index is 4.81. The first kappa shape index (κ1) is 15.1. The molecule has 0 N–H and O–H groups in total. The molecule has 7 nitrogen and oxygen atoms in total. The standard InChI is InChI=1S/C17H21N7S/c1-12-11-25-17(18-12)23-9-5-13(6-10-23)16-20-19-14-3-4-15(21-24(14)16)22-7-2-8-22/h3-4,11,13H,2,5-10H2,1H3. The Morgan fingerprint density at radius 3 is 2.56 bits per heavy atom. The van der Waals surface area contributed by atoms with Crippen molar-refractivity contribution in [2.24, 2.45) is 0 Å². The molecule has 3 aromatic rings. The number of anilines is 2. The van der Waals surface area contributed by atoms with Crippen molar-refractivity contribution in [1.82, 2.24) is 24.8 Å². The first-order chi connectivity index (χ1) is 12.3. The van der Waals surface area contributed by atoms with Crippen molar-refractivity contribution in [3.05, 3.63) is 29.0 Å². The monoisotopic (exact) mass is 355 g/mol. The van der Waals surface area contributed by atoms with Crippen molar-refractivity contribution in [1.29, 1.82) is 0 Å². The number of fused-ring (bicyclic) bond motifs is 1. The molecular weight excluding hydrogens is 334 g/mol. The Morgan fingerprint density at radius 2 is 1.88 bits per heavy atom. The van der Waals surface area contributed by atoms with Crippen LogP contribution in [0.25, 0.3) is 5.65 Å². The predicted molar refractivity (Wildman–Crippen MR) is 98.7 cm³/mol. The summed E-state index contributed by atoms with van der Waals surface area (Å²) in [5, 5.41) is 16.9. The Balaban J connectivity index is 1.36. The first-order valence-corrected chi connectivity index (χ1v) is 9.80. The Labute approximate surface area is 150 Å². The van der Waals surface area contributed by atoms with Crippen molar-refractivity contribution in [3.8, 4) is 0 Å². The Morgan fingerprint density at radius 1 is 1.04 bits per heavy atom. The van der Waals surface area contributed by atoms with E-state index in [2.05, 4.69) is 43.4 Å². The third-order valence-electron chi connectivity index (χ3n) is 5.19. The van der Waals surface area contributed by atoms with E-state index in [0.29, 0.717) is 5.92 Å². The maximum atomic E-state index is 4.81. The number of hydrogen-bond donors (Lipinski definition) is 0. The molecule has 2 fully saturated rings. The van der Waals surface area contributed by atoms with Crippen LogP contribution in [0.4, 0.5) is 10.9 Å². The maximum Gasteiger partial charge on any atom is 0.185 e. The van der Waals surface area contributed by atoms with Crippen molar-refractivity contribution < 1.29 is 0 Å². The number of piperidine rings is 1. The summed E-state index contributed by atoms with van der Waals surface area (Å²) in [6, 6.07) is 4.09. The van der Waals surface area contributed by atoms with E-state index < -0.39 is 0 Å². The number of thiazole rings is 1. The van der Waals surface area contributed by atoms with Gasteiger partial charge in [-0.2, -0.15) is 4.52 Å². The fraction of sp³-hybridized carbons (Fsp3) is 0.529. The molecule has 3 aromatic heterocycles. The summed E-state index contributed by atoms with van der Waals surface area (Å²) in [5.74, 6) is 2.45. The third kappa shape index (κ3) is 2.64. The van der Waals surface area contributed by atoms with E-state index in [1.807, 2.05) is 10.6 Å². The van der Waals surface area contributed by atoms with E-state index >= 15 is 0 Å². The first-order valence-electron chi connectivity index (χ1n) is 8.92.